The summed E-state index contributed by atoms with van der Waals surface area (Å²) < 4.78 is 0. The normalized spacial score (nSPS) is 21.6. The van der Waals surface area contributed by atoms with E-state index < -0.39 is 0 Å². The number of nitrogens with zero attached hydrogens (tertiary/aromatic N) is 1. The highest BCUT2D eigenvalue weighted by Gasteiger charge is 2.28. The van der Waals surface area contributed by atoms with Crippen molar-refractivity contribution < 1.29 is 4.79 Å². The fraction of sp³-hybridized carbons (Fsp3) is 0.933. The minimum Gasteiger partial charge on any atom is -0.342 e. The van der Waals surface area contributed by atoms with Gasteiger partial charge in [0.05, 0.1) is 0 Å². The van der Waals surface area contributed by atoms with Crippen molar-refractivity contribution in [2.75, 3.05) is 19.6 Å². The molecule has 1 N–H and O–H groups in total. The highest BCUT2D eigenvalue weighted by molar-refractivity contribution is 5.78. The summed E-state index contributed by atoms with van der Waals surface area (Å²) in [5.74, 6) is 1.00. The van der Waals surface area contributed by atoms with Gasteiger partial charge in [-0.3, -0.25) is 4.79 Å². The van der Waals surface area contributed by atoms with Gasteiger partial charge < -0.3 is 10.2 Å². The molecule has 0 spiro atoms. The molecule has 0 aliphatic carbocycles. The maximum atomic E-state index is 11.8. The van der Waals surface area contributed by atoms with Crippen molar-refractivity contribution in [3.8, 4) is 0 Å². The summed E-state index contributed by atoms with van der Waals surface area (Å²) in [6.45, 7) is 9.69. The van der Waals surface area contributed by atoms with Crippen LogP contribution in [-0.2, 0) is 4.79 Å². The van der Waals surface area contributed by atoms with Gasteiger partial charge in [0.1, 0.15) is 0 Å². The van der Waals surface area contributed by atoms with E-state index in [0.717, 1.165) is 32.5 Å². The average Bonchev–Trinajstić information content (AvgIpc) is 2.68. The maximum Gasteiger partial charge on any atom is 0.222 e. The number of nitrogens with one attached hydrogen (secondary N) is 1. The van der Waals surface area contributed by atoms with Crippen molar-refractivity contribution in [2.24, 2.45) is 5.92 Å². The molecule has 3 heteroatoms. The lowest BCUT2D eigenvalue weighted by atomic mass is 10.0. The summed E-state index contributed by atoms with van der Waals surface area (Å²) in [5, 5.41) is 3.49. The van der Waals surface area contributed by atoms with Gasteiger partial charge in [-0.15, -0.1) is 0 Å². The van der Waals surface area contributed by atoms with Gasteiger partial charge in [0.2, 0.25) is 5.91 Å². The van der Waals surface area contributed by atoms with Gasteiger partial charge in [0, 0.05) is 25.6 Å². The van der Waals surface area contributed by atoms with E-state index in [1.807, 2.05) is 0 Å². The second-order valence-electron chi connectivity index (χ2n) is 5.70. The fourth-order valence-electron chi connectivity index (χ4n) is 2.75. The van der Waals surface area contributed by atoms with Crippen LogP contribution in [-0.4, -0.2) is 36.5 Å². The number of carbonyl (C=O) groups is 1. The van der Waals surface area contributed by atoms with Gasteiger partial charge in [0.25, 0.3) is 0 Å². The van der Waals surface area contributed by atoms with Crippen LogP contribution in [0.25, 0.3) is 0 Å². The molecule has 2 atom stereocenters. The molecule has 0 aromatic rings. The smallest absolute Gasteiger partial charge is 0.222 e. The Labute approximate surface area is 112 Å². The minimum atomic E-state index is 0.377. The molecule has 18 heavy (non-hydrogen) atoms. The standard InChI is InChI=1S/C15H30N2O/c1-4-7-14-11-15(18)17(12-14)10-6-8-13(3)16-9-5-2/h13-14,16H,4-12H2,1-3H3. The topological polar surface area (TPSA) is 32.3 Å². The number of carbonyl (C=O) groups excluding carboxylic acids is 1. The first-order valence-electron chi connectivity index (χ1n) is 7.68. The largest absolute Gasteiger partial charge is 0.342 e. The third-order valence-corrected chi connectivity index (χ3v) is 3.80. The number of hydrogen-bond donors (Lipinski definition) is 1. The summed E-state index contributed by atoms with van der Waals surface area (Å²) in [6.07, 6.45) is 6.68. The summed E-state index contributed by atoms with van der Waals surface area (Å²) in [5.41, 5.74) is 0. The molecule has 2 unspecified atom stereocenters. The van der Waals surface area contributed by atoms with Crippen LogP contribution in [0.1, 0.15) is 59.3 Å². The van der Waals surface area contributed by atoms with Crippen LogP contribution in [0, 0.1) is 5.92 Å². The van der Waals surface area contributed by atoms with Crippen LogP contribution in [0.3, 0.4) is 0 Å². The molecule has 106 valence electrons. The Kier molecular flexibility index (Phi) is 7.33. The monoisotopic (exact) mass is 254 g/mol. The molecule has 1 saturated heterocycles. The number of likely N-dealkylation sites (tertiary alicyclic amines) is 1. The summed E-state index contributed by atoms with van der Waals surface area (Å²) in [4.78, 5) is 13.9. The molecule has 1 fully saturated rings. The highest BCUT2D eigenvalue weighted by atomic mass is 16.2. The Hall–Kier alpha value is -0.570. The quantitative estimate of drug-likeness (QED) is 0.686. The van der Waals surface area contributed by atoms with Crippen LogP contribution >= 0.6 is 0 Å². The van der Waals surface area contributed by atoms with Crippen molar-refractivity contribution in [1.29, 1.82) is 0 Å². The van der Waals surface area contributed by atoms with Crippen LogP contribution in [0.5, 0.6) is 0 Å². The summed E-state index contributed by atoms with van der Waals surface area (Å²) >= 11 is 0. The second kappa shape index (κ2) is 8.52. The van der Waals surface area contributed by atoms with Crippen LogP contribution in [0.4, 0.5) is 0 Å². The van der Waals surface area contributed by atoms with Gasteiger partial charge in [-0.05, 0) is 45.1 Å². The van der Waals surface area contributed by atoms with E-state index in [1.54, 1.807) is 0 Å². The lowest BCUT2D eigenvalue weighted by Gasteiger charge is -2.18. The van der Waals surface area contributed by atoms with Crippen molar-refractivity contribution >= 4 is 5.91 Å². The molecule has 0 radical (unpaired) electrons. The van der Waals surface area contributed by atoms with E-state index in [0.29, 0.717) is 17.9 Å². The molecule has 1 aliphatic rings. The maximum absolute atomic E-state index is 11.8. The molecule has 1 rings (SSSR count). The zero-order valence-electron chi connectivity index (χ0n) is 12.4. The Balaban J connectivity index is 2.14. The molecular weight excluding hydrogens is 224 g/mol. The first kappa shape index (κ1) is 15.5. The zero-order valence-corrected chi connectivity index (χ0v) is 12.4. The first-order chi connectivity index (χ1) is 8.67. The summed E-state index contributed by atoms with van der Waals surface area (Å²) in [7, 11) is 0. The lowest BCUT2D eigenvalue weighted by Crippen LogP contribution is -2.30. The molecule has 0 bridgehead atoms. The van der Waals surface area contributed by atoms with Crippen molar-refractivity contribution in [3.63, 3.8) is 0 Å². The zero-order chi connectivity index (χ0) is 13.4. The van der Waals surface area contributed by atoms with E-state index in [9.17, 15) is 4.79 Å². The average molecular weight is 254 g/mol. The van der Waals surface area contributed by atoms with Crippen molar-refractivity contribution in [2.45, 2.75) is 65.3 Å². The minimum absolute atomic E-state index is 0.377. The van der Waals surface area contributed by atoms with E-state index >= 15 is 0 Å². The SMILES string of the molecule is CCCNC(C)CCCN1CC(CCC)CC1=O. The lowest BCUT2D eigenvalue weighted by molar-refractivity contribution is -0.127. The summed E-state index contributed by atoms with van der Waals surface area (Å²) in [6, 6.07) is 0.578. The molecule has 1 heterocycles. The fourth-order valence-corrected chi connectivity index (χ4v) is 2.75. The van der Waals surface area contributed by atoms with E-state index in [1.165, 1.54) is 25.7 Å². The number of rotatable bonds is 9. The predicted octanol–water partition coefficient (Wildman–Crippen LogP) is 2.80. The van der Waals surface area contributed by atoms with Gasteiger partial charge in [-0.1, -0.05) is 20.3 Å². The third-order valence-electron chi connectivity index (χ3n) is 3.80. The van der Waals surface area contributed by atoms with Gasteiger partial charge >= 0.3 is 0 Å². The molecule has 3 nitrogen and oxygen atoms in total. The second-order valence-corrected chi connectivity index (χ2v) is 5.70. The van der Waals surface area contributed by atoms with Gasteiger partial charge in [0.15, 0.2) is 0 Å². The molecule has 1 aliphatic heterocycles. The van der Waals surface area contributed by atoms with Crippen molar-refractivity contribution in [1.82, 2.24) is 10.2 Å². The van der Waals surface area contributed by atoms with E-state index in [4.69, 9.17) is 0 Å². The predicted molar refractivity (Wildman–Crippen MR) is 76.6 cm³/mol. The molecular formula is C15H30N2O. The molecule has 0 aromatic heterocycles. The van der Waals surface area contributed by atoms with Gasteiger partial charge in [-0.25, -0.2) is 0 Å². The van der Waals surface area contributed by atoms with Crippen LogP contribution in [0.15, 0.2) is 0 Å². The van der Waals surface area contributed by atoms with Gasteiger partial charge in [-0.2, -0.15) is 0 Å². The molecule has 1 amide bonds. The van der Waals surface area contributed by atoms with Crippen LogP contribution < -0.4 is 5.32 Å². The first-order valence-corrected chi connectivity index (χ1v) is 7.68. The van der Waals surface area contributed by atoms with E-state index in [-0.39, 0.29) is 0 Å². The Morgan fingerprint density at radius 2 is 2.17 bits per heavy atom. The number of hydrogen-bond acceptors (Lipinski definition) is 2. The van der Waals surface area contributed by atoms with E-state index in [2.05, 4.69) is 31.0 Å². The Morgan fingerprint density at radius 1 is 1.39 bits per heavy atom. The number of amides is 1. The highest BCUT2D eigenvalue weighted by Crippen LogP contribution is 2.22. The van der Waals surface area contributed by atoms with Crippen molar-refractivity contribution in [3.05, 3.63) is 0 Å². The van der Waals surface area contributed by atoms with Crippen LogP contribution in [0.2, 0.25) is 0 Å². The Morgan fingerprint density at radius 3 is 2.83 bits per heavy atom. The molecule has 0 aromatic carbocycles. The molecule has 0 saturated carbocycles. The Bertz CT molecular complexity index is 243. The third kappa shape index (κ3) is 5.38.